The summed E-state index contributed by atoms with van der Waals surface area (Å²) in [4.78, 5) is 29.4. The summed E-state index contributed by atoms with van der Waals surface area (Å²) in [5.41, 5.74) is 2.13. The van der Waals surface area contributed by atoms with Crippen molar-refractivity contribution in [1.82, 2.24) is 14.3 Å². The fourth-order valence-electron chi connectivity index (χ4n) is 3.13. The number of carbonyl (C=O) groups excluding carboxylic acids is 1. The van der Waals surface area contributed by atoms with Gasteiger partial charge >= 0.3 is 5.69 Å². The molecular formula is C21H20N4O5S. The number of aromatic amines is 2. The number of hydrogen-bond acceptors (Lipinski definition) is 5. The first kappa shape index (κ1) is 20.6. The Morgan fingerprint density at radius 2 is 1.81 bits per heavy atom. The second-order valence-corrected chi connectivity index (χ2v) is 8.99. The van der Waals surface area contributed by atoms with Gasteiger partial charge in [-0.1, -0.05) is 17.7 Å². The average molecular weight is 440 g/mol. The molecule has 0 aliphatic carbocycles. The van der Waals surface area contributed by atoms with E-state index in [0.717, 1.165) is 9.87 Å². The second-order valence-electron chi connectivity index (χ2n) is 7.05. The van der Waals surface area contributed by atoms with Crippen molar-refractivity contribution in [2.75, 3.05) is 11.9 Å². The standard InChI is InChI=1S/C21H20N4O5S/c1-14-4-7-17(8-5-14)31(28,29)25(12-16-3-2-10-30-16)13-20(26)22-15-6-9-18-19(11-15)24-21(27)23-18/h2-11H,12-13H2,1H3,(H,22,26)(H2,23,24,27). The molecule has 4 rings (SSSR count). The van der Waals surface area contributed by atoms with Crippen molar-refractivity contribution in [2.45, 2.75) is 18.4 Å². The number of anilines is 1. The monoisotopic (exact) mass is 440 g/mol. The van der Waals surface area contributed by atoms with E-state index >= 15 is 0 Å². The highest BCUT2D eigenvalue weighted by atomic mass is 32.2. The molecule has 0 aliphatic heterocycles. The number of carbonyl (C=O) groups is 1. The number of aryl methyl sites for hydroxylation is 1. The third-order valence-corrected chi connectivity index (χ3v) is 6.50. The van der Waals surface area contributed by atoms with Crippen LogP contribution in [0, 0.1) is 6.92 Å². The molecule has 0 radical (unpaired) electrons. The van der Waals surface area contributed by atoms with Crippen molar-refractivity contribution in [3.63, 3.8) is 0 Å². The highest BCUT2D eigenvalue weighted by Crippen LogP contribution is 2.20. The molecule has 0 saturated carbocycles. The molecular weight excluding hydrogens is 420 g/mol. The van der Waals surface area contributed by atoms with E-state index in [0.29, 0.717) is 22.5 Å². The predicted molar refractivity (Wildman–Crippen MR) is 115 cm³/mol. The van der Waals surface area contributed by atoms with Crippen molar-refractivity contribution in [3.8, 4) is 0 Å². The topological polar surface area (TPSA) is 128 Å². The average Bonchev–Trinajstić information content (AvgIpc) is 3.36. The molecule has 0 atom stereocenters. The maximum Gasteiger partial charge on any atom is 0.323 e. The molecule has 0 spiro atoms. The Hall–Kier alpha value is -3.63. The van der Waals surface area contributed by atoms with Gasteiger partial charge in [0.05, 0.1) is 35.3 Å². The number of nitrogens with one attached hydrogen (secondary N) is 3. The number of amides is 1. The van der Waals surface area contributed by atoms with E-state index < -0.39 is 22.5 Å². The first-order valence-corrected chi connectivity index (χ1v) is 10.9. The van der Waals surface area contributed by atoms with Crippen LogP contribution in [-0.2, 0) is 21.4 Å². The number of imidazole rings is 1. The van der Waals surface area contributed by atoms with Crippen LogP contribution in [0.15, 0.2) is 75.0 Å². The zero-order valence-corrected chi connectivity index (χ0v) is 17.4. The lowest BCUT2D eigenvalue weighted by Crippen LogP contribution is -2.37. The van der Waals surface area contributed by atoms with Gasteiger partial charge in [0.1, 0.15) is 5.76 Å². The Labute approximate surface area is 177 Å². The van der Waals surface area contributed by atoms with Crippen LogP contribution in [0.2, 0.25) is 0 Å². The number of sulfonamides is 1. The molecule has 2 heterocycles. The number of nitrogens with zero attached hydrogens (tertiary/aromatic N) is 1. The highest BCUT2D eigenvalue weighted by molar-refractivity contribution is 7.89. The molecule has 10 heteroatoms. The van der Waals surface area contributed by atoms with Gasteiger partial charge in [-0.2, -0.15) is 4.31 Å². The third-order valence-electron chi connectivity index (χ3n) is 4.69. The van der Waals surface area contributed by atoms with Gasteiger partial charge in [0.2, 0.25) is 15.9 Å². The fourth-order valence-corrected chi connectivity index (χ4v) is 4.50. The highest BCUT2D eigenvalue weighted by Gasteiger charge is 2.27. The van der Waals surface area contributed by atoms with Crippen LogP contribution in [0.25, 0.3) is 11.0 Å². The van der Waals surface area contributed by atoms with E-state index in [-0.39, 0.29) is 17.1 Å². The summed E-state index contributed by atoms with van der Waals surface area (Å²) in [7, 11) is -3.95. The second kappa shape index (κ2) is 8.25. The van der Waals surface area contributed by atoms with E-state index in [4.69, 9.17) is 4.42 Å². The van der Waals surface area contributed by atoms with Crippen LogP contribution < -0.4 is 11.0 Å². The van der Waals surface area contributed by atoms with Crippen LogP contribution >= 0.6 is 0 Å². The van der Waals surface area contributed by atoms with E-state index in [1.807, 2.05) is 6.92 Å². The molecule has 2 aromatic heterocycles. The van der Waals surface area contributed by atoms with E-state index in [2.05, 4.69) is 15.3 Å². The lowest BCUT2D eigenvalue weighted by atomic mass is 10.2. The predicted octanol–water partition coefficient (Wildman–Crippen LogP) is 2.59. The Morgan fingerprint density at radius 3 is 2.52 bits per heavy atom. The summed E-state index contributed by atoms with van der Waals surface area (Å²) in [5, 5.41) is 2.67. The third kappa shape index (κ3) is 4.60. The zero-order valence-electron chi connectivity index (χ0n) is 16.6. The number of furan rings is 1. The maximum atomic E-state index is 13.2. The van der Waals surface area contributed by atoms with Gasteiger partial charge in [-0.15, -0.1) is 0 Å². The molecule has 2 aromatic carbocycles. The number of fused-ring (bicyclic) bond motifs is 1. The van der Waals surface area contributed by atoms with E-state index in [1.54, 1.807) is 42.5 Å². The first-order valence-electron chi connectivity index (χ1n) is 9.42. The van der Waals surface area contributed by atoms with Crippen LogP contribution in [0.4, 0.5) is 5.69 Å². The summed E-state index contributed by atoms with van der Waals surface area (Å²) in [6.07, 6.45) is 1.44. The molecule has 0 aliphatic rings. The van der Waals surface area contributed by atoms with E-state index in [1.165, 1.54) is 18.4 Å². The van der Waals surface area contributed by atoms with Gasteiger partial charge in [-0.3, -0.25) is 4.79 Å². The SMILES string of the molecule is Cc1ccc(S(=O)(=O)N(CC(=O)Nc2ccc3[nH]c(=O)[nH]c3c2)Cc2ccco2)cc1. The van der Waals surface area contributed by atoms with Gasteiger partial charge in [0, 0.05) is 5.69 Å². The smallest absolute Gasteiger partial charge is 0.323 e. The van der Waals surface area contributed by atoms with Crippen LogP contribution in [0.3, 0.4) is 0 Å². The minimum absolute atomic E-state index is 0.0868. The Balaban J connectivity index is 1.57. The van der Waals surface area contributed by atoms with Gasteiger partial charge in [0.15, 0.2) is 0 Å². The maximum absolute atomic E-state index is 13.2. The molecule has 0 bridgehead atoms. The van der Waals surface area contributed by atoms with Crippen molar-refractivity contribution in [1.29, 1.82) is 0 Å². The molecule has 0 fully saturated rings. The first-order chi connectivity index (χ1) is 14.8. The molecule has 160 valence electrons. The summed E-state index contributed by atoms with van der Waals surface area (Å²) < 4.78 is 32.7. The van der Waals surface area contributed by atoms with Crippen LogP contribution in [-0.4, -0.2) is 35.1 Å². The lowest BCUT2D eigenvalue weighted by Gasteiger charge is -2.21. The van der Waals surface area contributed by atoms with Crippen molar-refractivity contribution >= 4 is 32.7 Å². The zero-order chi connectivity index (χ0) is 22.0. The Morgan fingerprint density at radius 1 is 1.06 bits per heavy atom. The van der Waals surface area contributed by atoms with Crippen molar-refractivity contribution in [2.24, 2.45) is 0 Å². The minimum Gasteiger partial charge on any atom is -0.468 e. The van der Waals surface area contributed by atoms with E-state index in [9.17, 15) is 18.0 Å². The van der Waals surface area contributed by atoms with Gasteiger partial charge in [0.25, 0.3) is 0 Å². The number of H-pyrrole nitrogens is 2. The molecule has 1 amide bonds. The Bertz CT molecular complexity index is 1370. The molecule has 31 heavy (non-hydrogen) atoms. The molecule has 9 nitrogen and oxygen atoms in total. The fraction of sp³-hybridized carbons (Fsp3) is 0.143. The number of aromatic nitrogens is 2. The van der Waals surface area contributed by atoms with Crippen LogP contribution in [0.5, 0.6) is 0 Å². The van der Waals surface area contributed by atoms with Crippen molar-refractivity contribution in [3.05, 3.63) is 82.7 Å². The van der Waals surface area contributed by atoms with Crippen molar-refractivity contribution < 1.29 is 17.6 Å². The summed E-state index contributed by atoms with van der Waals surface area (Å²) >= 11 is 0. The lowest BCUT2D eigenvalue weighted by molar-refractivity contribution is -0.116. The minimum atomic E-state index is -3.95. The van der Waals surface area contributed by atoms with Gasteiger partial charge < -0.3 is 19.7 Å². The Kier molecular flexibility index (Phi) is 5.49. The molecule has 3 N–H and O–H groups in total. The summed E-state index contributed by atoms with van der Waals surface area (Å²) in [5.74, 6) is -0.116. The number of benzene rings is 2. The summed E-state index contributed by atoms with van der Waals surface area (Å²) in [6, 6.07) is 14.6. The molecule has 0 unspecified atom stereocenters. The van der Waals surface area contributed by atoms with Gasteiger partial charge in [-0.05, 0) is 49.4 Å². The molecule has 4 aromatic rings. The number of hydrogen-bond donors (Lipinski definition) is 3. The van der Waals surface area contributed by atoms with Crippen LogP contribution in [0.1, 0.15) is 11.3 Å². The molecule has 0 saturated heterocycles. The summed E-state index contributed by atoms with van der Waals surface area (Å²) in [6.45, 7) is 1.35. The van der Waals surface area contributed by atoms with Gasteiger partial charge in [-0.25, -0.2) is 13.2 Å². The number of rotatable bonds is 7. The normalized spacial score (nSPS) is 11.8. The quantitative estimate of drug-likeness (QED) is 0.407. The largest absolute Gasteiger partial charge is 0.468 e.